The summed E-state index contributed by atoms with van der Waals surface area (Å²) in [5.41, 5.74) is 12.5. The molecular formula is C27H38N8O3. The number of carbonyl (C=O) groups excluding carboxylic acids is 2. The number of aryl methyl sites for hydroxylation is 1. The lowest BCUT2D eigenvalue weighted by atomic mass is 10.1. The topological polar surface area (TPSA) is 143 Å². The molecule has 5 N–H and O–H groups in total. The van der Waals surface area contributed by atoms with Gasteiger partial charge in [0.05, 0.1) is 11.2 Å². The third-order valence-corrected chi connectivity index (χ3v) is 7.93. The number of carbonyl (C=O) groups is 2. The van der Waals surface area contributed by atoms with Crippen molar-refractivity contribution in [3.8, 4) is 5.69 Å². The number of hydrogen-bond donors (Lipinski definition) is 3. The maximum absolute atomic E-state index is 12.7. The van der Waals surface area contributed by atoms with Crippen molar-refractivity contribution in [3.05, 3.63) is 52.6 Å². The average molecular weight is 523 g/mol. The van der Waals surface area contributed by atoms with Crippen molar-refractivity contribution < 1.29 is 9.59 Å². The van der Waals surface area contributed by atoms with E-state index in [1.165, 1.54) is 10.1 Å². The zero-order valence-electron chi connectivity index (χ0n) is 22.2. The summed E-state index contributed by atoms with van der Waals surface area (Å²) >= 11 is 0. The fourth-order valence-corrected chi connectivity index (χ4v) is 5.55. The molecule has 11 heteroatoms. The van der Waals surface area contributed by atoms with Crippen LogP contribution < -0.4 is 22.5 Å². The molecule has 3 amide bonds. The smallest absolute Gasteiger partial charge is 0.338 e. The monoisotopic (exact) mass is 522 g/mol. The van der Waals surface area contributed by atoms with Gasteiger partial charge >= 0.3 is 11.7 Å². The highest BCUT2D eigenvalue weighted by Gasteiger charge is 2.53. The Kier molecular flexibility index (Phi) is 7.26. The Labute approximate surface area is 222 Å². The highest BCUT2D eigenvalue weighted by Crippen LogP contribution is 2.43. The molecule has 5 rings (SSSR count). The molecule has 0 bridgehead atoms. The van der Waals surface area contributed by atoms with Crippen LogP contribution in [0.2, 0.25) is 0 Å². The fraction of sp³-hybridized carbons (Fsp3) is 0.556. The van der Waals surface area contributed by atoms with Crippen molar-refractivity contribution in [2.75, 3.05) is 51.1 Å². The van der Waals surface area contributed by atoms with Crippen molar-refractivity contribution >= 4 is 17.8 Å². The molecule has 1 unspecified atom stereocenters. The Morgan fingerprint density at radius 1 is 1.03 bits per heavy atom. The lowest BCUT2D eigenvalue weighted by Gasteiger charge is -2.37. The predicted molar refractivity (Wildman–Crippen MR) is 145 cm³/mol. The van der Waals surface area contributed by atoms with Crippen LogP contribution in [0, 0.1) is 11.8 Å². The van der Waals surface area contributed by atoms with E-state index in [1.807, 2.05) is 24.3 Å². The second-order valence-electron chi connectivity index (χ2n) is 11.3. The lowest BCUT2D eigenvalue weighted by Crippen LogP contribution is -2.58. The van der Waals surface area contributed by atoms with E-state index in [-0.39, 0.29) is 17.8 Å². The molecule has 3 heterocycles. The highest BCUT2D eigenvalue weighted by atomic mass is 16.2. The number of fused-ring (bicyclic) bond motifs is 1. The van der Waals surface area contributed by atoms with Gasteiger partial charge in [0.15, 0.2) is 0 Å². The minimum absolute atomic E-state index is 0.139. The van der Waals surface area contributed by atoms with E-state index in [4.69, 9.17) is 11.5 Å². The minimum Gasteiger partial charge on any atom is -0.338 e. The van der Waals surface area contributed by atoms with Crippen LogP contribution in [0.1, 0.15) is 25.8 Å². The van der Waals surface area contributed by atoms with Crippen molar-refractivity contribution in [2.45, 2.75) is 38.3 Å². The first kappa shape index (κ1) is 26.3. The number of nitrogens with zero attached hydrogens (tertiary/aromatic N) is 5. The molecule has 3 atom stereocenters. The molecule has 2 aromatic rings. The highest BCUT2D eigenvalue weighted by molar-refractivity contribution is 5.89. The van der Waals surface area contributed by atoms with E-state index in [0.29, 0.717) is 32.2 Å². The van der Waals surface area contributed by atoms with Crippen LogP contribution in [0.5, 0.6) is 0 Å². The predicted octanol–water partition coefficient (Wildman–Crippen LogP) is 0.467. The molecule has 2 saturated heterocycles. The standard InChI is InChI=1S/C27H38N8O3/c1-27(2,29)24(36)33-12-14-34(15-13-33)25(37)30-22-9-11-35(26(38)31-22)19-7-5-18(6-8-19)4-3-10-32-16-20-21(17-32)23(20)28/h5-9,11,20-21,23H,3-4,10,12-17,28-29H2,1-2H3,(H,30,31,37,38)/t20-,21+,23?. The van der Waals surface area contributed by atoms with Crippen LogP contribution in [0.15, 0.2) is 41.3 Å². The largest absolute Gasteiger partial charge is 0.354 e. The maximum atomic E-state index is 12.7. The Balaban J connectivity index is 1.10. The first-order valence-corrected chi connectivity index (χ1v) is 13.4. The molecule has 0 spiro atoms. The van der Waals surface area contributed by atoms with Gasteiger partial charge in [-0.15, -0.1) is 0 Å². The zero-order chi connectivity index (χ0) is 27.0. The van der Waals surface area contributed by atoms with Crippen molar-refractivity contribution in [1.82, 2.24) is 24.3 Å². The Hall–Kier alpha value is -3.28. The fourth-order valence-electron chi connectivity index (χ4n) is 5.55. The number of nitrogens with two attached hydrogens (primary N) is 2. The number of nitrogens with one attached hydrogen (secondary N) is 1. The Morgan fingerprint density at radius 3 is 2.26 bits per heavy atom. The normalized spacial score (nSPS) is 23.3. The summed E-state index contributed by atoms with van der Waals surface area (Å²) in [4.78, 5) is 47.5. The summed E-state index contributed by atoms with van der Waals surface area (Å²) in [6.45, 7) is 8.30. The number of anilines is 1. The number of piperidine rings is 1. The molecule has 1 aromatic carbocycles. The second kappa shape index (κ2) is 10.5. The van der Waals surface area contributed by atoms with Gasteiger partial charge in [-0.25, -0.2) is 9.59 Å². The van der Waals surface area contributed by atoms with Crippen LogP contribution in [0.4, 0.5) is 10.6 Å². The molecule has 38 heavy (non-hydrogen) atoms. The van der Waals surface area contributed by atoms with E-state index >= 15 is 0 Å². The third-order valence-electron chi connectivity index (χ3n) is 7.93. The van der Waals surface area contributed by atoms with Gasteiger partial charge in [0, 0.05) is 51.5 Å². The molecule has 11 nitrogen and oxygen atoms in total. The van der Waals surface area contributed by atoms with Crippen LogP contribution in [-0.4, -0.2) is 93.6 Å². The van der Waals surface area contributed by atoms with Gasteiger partial charge in [-0.3, -0.25) is 14.7 Å². The minimum atomic E-state index is -0.943. The van der Waals surface area contributed by atoms with Crippen LogP contribution >= 0.6 is 0 Å². The summed E-state index contributed by atoms with van der Waals surface area (Å²) in [6.07, 6.45) is 3.70. The van der Waals surface area contributed by atoms with Gasteiger partial charge in [0.2, 0.25) is 5.91 Å². The Bertz CT molecular complexity index is 1220. The van der Waals surface area contributed by atoms with Gasteiger partial charge < -0.3 is 26.2 Å². The van der Waals surface area contributed by atoms with Crippen LogP contribution in [0.25, 0.3) is 5.69 Å². The molecule has 204 valence electrons. The maximum Gasteiger partial charge on any atom is 0.354 e. The summed E-state index contributed by atoms with van der Waals surface area (Å²) in [7, 11) is 0. The number of piperazine rings is 1. The Morgan fingerprint density at radius 2 is 1.66 bits per heavy atom. The number of likely N-dealkylation sites (tertiary alicyclic amines) is 1. The molecule has 3 aliphatic rings. The summed E-state index contributed by atoms with van der Waals surface area (Å²) in [5.74, 6) is 1.49. The molecule has 1 aliphatic carbocycles. The number of benzene rings is 1. The first-order valence-electron chi connectivity index (χ1n) is 13.4. The van der Waals surface area contributed by atoms with Crippen molar-refractivity contribution in [1.29, 1.82) is 0 Å². The van der Waals surface area contributed by atoms with Gasteiger partial charge in [0.25, 0.3) is 0 Å². The van der Waals surface area contributed by atoms with E-state index in [9.17, 15) is 14.4 Å². The van der Waals surface area contributed by atoms with Crippen molar-refractivity contribution in [3.63, 3.8) is 0 Å². The molecular weight excluding hydrogens is 484 g/mol. The summed E-state index contributed by atoms with van der Waals surface area (Å²) < 4.78 is 1.46. The third kappa shape index (κ3) is 5.74. The average Bonchev–Trinajstić information content (AvgIpc) is 3.28. The number of hydrogen-bond acceptors (Lipinski definition) is 7. The molecule has 1 saturated carbocycles. The number of rotatable bonds is 7. The molecule has 1 aromatic heterocycles. The SMILES string of the molecule is CC(C)(N)C(=O)N1CCN(C(=O)Nc2ccn(-c3ccc(CCCN4C[C@@H]5C(N)[C@@H]5C4)cc3)c(=O)n2)CC1. The van der Waals surface area contributed by atoms with Gasteiger partial charge in [-0.2, -0.15) is 4.98 Å². The van der Waals surface area contributed by atoms with E-state index in [0.717, 1.165) is 50.0 Å². The number of amides is 3. The quantitative estimate of drug-likeness (QED) is 0.480. The first-order chi connectivity index (χ1) is 18.1. The van der Waals surface area contributed by atoms with Crippen LogP contribution in [-0.2, 0) is 11.2 Å². The van der Waals surface area contributed by atoms with E-state index in [1.54, 1.807) is 35.9 Å². The van der Waals surface area contributed by atoms with Crippen molar-refractivity contribution in [2.24, 2.45) is 23.3 Å². The second-order valence-corrected chi connectivity index (χ2v) is 11.3. The van der Waals surface area contributed by atoms with Gasteiger partial charge in [0.1, 0.15) is 5.82 Å². The van der Waals surface area contributed by atoms with E-state index < -0.39 is 11.2 Å². The number of aromatic nitrogens is 2. The lowest BCUT2D eigenvalue weighted by molar-refractivity contribution is -0.137. The molecule has 2 aliphatic heterocycles. The zero-order valence-corrected chi connectivity index (χ0v) is 22.2. The van der Waals surface area contributed by atoms with Gasteiger partial charge in [-0.1, -0.05) is 12.1 Å². The number of urea groups is 1. The summed E-state index contributed by atoms with van der Waals surface area (Å²) in [6, 6.07) is 9.62. The van der Waals surface area contributed by atoms with E-state index in [2.05, 4.69) is 15.2 Å². The molecule has 0 radical (unpaired) electrons. The molecule has 3 fully saturated rings. The van der Waals surface area contributed by atoms with Gasteiger partial charge in [-0.05, 0) is 68.8 Å². The summed E-state index contributed by atoms with van der Waals surface area (Å²) in [5, 5.41) is 2.69. The van der Waals surface area contributed by atoms with Crippen LogP contribution in [0.3, 0.4) is 0 Å².